The molecule has 1 spiro atoms. The molecule has 0 amide bonds. The molecule has 2 N–H and O–H groups in total. The molecule has 5 aromatic rings. The van der Waals surface area contributed by atoms with E-state index < -0.39 is 5.41 Å². The van der Waals surface area contributed by atoms with Crippen LogP contribution in [0.3, 0.4) is 0 Å². The van der Waals surface area contributed by atoms with Crippen LogP contribution in [0, 0.1) is 11.3 Å². The molecule has 14 nitrogen and oxygen atoms in total. The number of fused-ring (bicyclic) bond motifs is 4. The summed E-state index contributed by atoms with van der Waals surface area (Å²) in [7, 11) is 2.13. The normalized spacial score (nSPS) is 21.6. The number of nitrogens with two attached hydrogens (primary N) is 1. The molecule has 0 radical (unpaired) electrons. The molecule has 15 heteroatoms. The average molecular weight is 639 g/mol. The summed E-state index contributed by atoms with van der Waals surface area (Å²) in [5.41, 5.74) is 9.79. The van der Waals surface area contributed by atoms with Gasteiger partial charge in [0.1, 0.15) is 35.5 Å². The second-order valence-corrected chi connectivity index (χ2v) is 13.7. The van der Waals surface area contributed by atoms with Crippen molar-refractivity contribution in [1.82, 2.24) is 49.8 Å². The summed E-state index contributed by atoms with van der Waals surface area (Å²) in [6, 6.07) is 4.47. The zero-order valence-corrected chi connectivity index (χ0v) is 26.6. The summed E-state index contributed by atoms with van der Waals surface area (Å²) in [5, 5.41) is 28.2. The summed E-state index contributed by atoms with van der Waals surface area (Å²) in [6.45, 7) is 3.55. The lowest BCUT2D eigenvalue weighted by Gasteiger charge is -2.39. The van der Waals surface area contributed by atoms with Crippen LogP contribution in [-0.4, -0.2) is 75.5 Å². The number of aryl methyl sites for hydroxylation is 1. The van der Waals surface area contributed by atoms with E-state index in [1.54, 1.807) is 21.8 Å². The first kappa shape index (κ1) is 28.8. The highest BCUT2D eigenvalue weighted by molar-refractivity contribution is 7.16. The van der Waals surface area contributed by atoms with Gasteiger partial charge in [-0.3, -0.25) is 4.90 Å². The van der Waals surface area contributed by atoms with Crippen LogP contribution in [0.15, 0.2) is 29.4 Å². The summed E-state index contributed by atoms with van der Waals surface area (Å²) in [6.07, 6.45) is 12.4. The Labute approximate surface area is 269 Å². The number of aromatic nitrogens is 9. The van der Waals surface area contributed by atoms with Crippen molar-refractivity contribution in [3.8, 4) is 29.3 Å². The number of thiophene rings is 1. The Hall–Kier alpha value is -4.68. The maximum Gasteiger partial charge on any atom is 0.219 e. The molecular weight excluding hydrogens is 604 g/mol. The molecule has 46 heavy (non-hydrogen) atoms. The molecule has 5 aromatic heterocycles. The lowest BCUT2D eigenvalue weighted by Crippen LogP contribution is -2.38. The van der Waals surface area contributed by atoms with Crippen LogP contribution in [0.25, 0.3) is 17.3 Å². The van der Waals surface area contributed by atoms with E-state index in [0.717, 1.165) is 74.8 Å². The quantitative estimate of drug-likeness (QED) is 0.274. The van der Waals surface area contributed by atoms with E-state index in [2.05, 4.69) is 50.5 Å². The Morgan fingerprint density at radius 2 is 2.11 bits per heavy atom. The molecule has 1 aliphatic heterocycles. The first-order chi connectivity index (χ1) is 22.4. The van der Waals surface area contributed by atoms with Crippen LogP contribution in [0.1, 0.15) is 78.5 Å². The molecule has 8 rings (SSSR count). The van der Waals surface area contributed by atoms with Crippen molar-refractivity contribution in [2.45, 2.75) is 82.4 Å². The fourth-order valence-corrected chi connectivity index (χ4v) is 8.84. The number of nitrogens with zero attached hydrogens (tertiary/aromatic N) is 11. The zero-order chi connectivity index (χ0) is 31.4. The van der Waals surface area contributed by atoms with E-state index in [1.807, 2.05) is 6.20 Å². The van der Waals surface area contributed by atoms with Crippen LogP contribution in [0.5, 0.6) is 5.88 Å². The Morgan fingerprint density at radius 3 is 2.89 bits per heavy atom. The minimum absolute atomic E-state index is 0.0923. The Bertz CT molecular complexity index is 1930. The minimum atomic E-state index is -0.438. The van der Waals surface area contributed by atoms with Gasteiger partial charge in [-0.1, -0.05) is 10.4 Å². The molecular formula is C31H34N12O2S. The van der Waals surface area contributed by atoms with Crippen molar-refractivity contribution in [3.05, 3.63) is 57.9 Å². The van der Waals surface area contributed by atoms with E-state index in [0.29, 0.717) is 46.0 Å². The summed E-state index contributed by atoms with van der Waals surface area (Å²) < 4.78 is 16.1. The molecule has 1 fully saturated rings. The molecule has 6 heterocycles. The number of likely N-dealkylation sites (tertiary alicyclic amines) is 1. The predicted octanol–water partition coefficient (Wildman–Crippen LogP) is 3.69. The second kappa shape index (κ2) is 11.3. The van der Waals surface area contributed by atoms with Crippen molar-refractivity contribution >= 4 is 16.3 Å². The standard InChI is InChI=1S/C31H34N12O2S/c1-18(22-7-5-11-41(22)2)44-25-12-24(43-15-19(38-40-43)14-42-17-34-16-35-42)36-30(37-25)27-20-6-3-9-31(28(20)45-39-27)10-4-8-23-26(31)21(13-32)29(33)46-23/h12,15-18,22H,3-11,14,33H2,1-2H3/t18-,22-,31-/m0/s1. The van der Waals surface area contributed by atoms with Crippen molar-refractivity contribution < 1.29 is 9.26 Å². The number of nitrogen functional groups attached to an aromatic ring is 1. The average Bonchev–Trinajstić information content (AvgIpc) is 3.88. The Balaban J connectivity index is 1.21. The van der Waals surface area contributed by atoms with Gasteiger partial charge in [0.2, 0.25) is 5.88 Å². The largest absolute Gasteiger partial charge is 0.473 e. The van der Waals surface area contributed by atoms with Gasteiger partial charge in [0, 0.05) is 22.5 Å². The van der Waals surface area contributed by atoms with Gasteiger partial charge < -0.3 is 15.0 Å². The molecule has 0 unspecified atom stereocenters. The summed E-state index contributed by atoms with van der Waals surface area (Å²) >= 11 is 1.53. The van der Waals surface area contributed by atoms with Gasteiger partial charge in [-0.25, -0.2) is 19.3 Å². The van der Waals surface area contributed by atoms with Crippen molar-refractivity contribution in [3.63, 3.8) is 0 Å². The highest BCUT2D eigenvalue weighted by atomic mass is 32.1. The summed E-state index contributed by atoms with van der Waals surface area (Å²) in [4.78, 5) is 17.4. The van der Waals surface area contributed by atoms with Gasteiger partial charge in [0.15, 0.2) is 23.1 Å². The lowest BCUT2D eigenvalue weighted by atomic mass is 9.63. The van der Waals surface area contributed by atoms with E-state index in [-0.39, 0.29) is 12.1 Å². The van der Waals surface area contributed by atoms with Crippen molar-refractivity contribution in [2.75, 3.05) is 19.3 Å². The van der Waals surface area contributed by atoms with Crippen molar-refractivity contribution in [2.24, 2.45) is 0 Å². The van der Waals surface area contributed by atoms with Gasteiger partial charge in [0.05, 0.1) is 23.7 Å². The Kier molecular flexibility index (Phi) is 7.06. The number of anilines is 1. The highest BCUT2D eigenvalue weighted by Gasteiger charge is 2.49. The van der Waals surface area contributed by atoms with E-state index >= 15 is 0 Å². The van der Waals surface area contributed by atoms with Gasteiger partial charge >= 0.3 is 0 Å². The number of nitriles is 1. The monoisotopic (exact) mass is 638 g/mol. The molecule has 0 aromatic carbocycles. The molecule has 2 aliphatic carbocycles. The van der Waals surface area contributed by atoms with Gasteiger partial charge in [-0.05, 0) is 77.4 Å². The van der Waals surface area contributed by atoms with Crippen LogP contribution in [0.4, 0.5) is 5.00 Å². The summed E-state index contributed by atoms with van der Waals surface area (Å²) in [5.74, 6) is 2.14. The van der Waals surface area contributed by atoms with E-state index in [4.69, 9.17) is 25.0 Å². The Morgan fingerprint density at radius 1 is 1.24 bits per heavy atom. The van der Waals surface area contributed by atoms with Crippen LogP contribution in [0.2, 0.25) is 0 Å². The maximum absolute atomic E-state index is 10.1. The van der Waals surface area contributed by atoms with E-state index in [9.17, 15) is 5.26 Å². The first-order valence-electron chi connectivity index (χ1n) is 15.7. The number of ether oxygens (including phenoxy) is 1. The topological polar surface area (TPSA) is 176 Å². The second-order valence-electron chi connectivity index (χ2n) is 12.5. The van der Waals surface area contributed by atoms with Crippen molar-refractivity contribution in [1.29, 1.82) is 5.26 Å². The van der Waals surface area contributed by atoms with Gasteiger partial charge in [0.25, 0.3) is 0 Å². The molecule has 3 atom stereocenters. The molecule has 1 saturated heterocycles. The number of hydrogen-bond acceptors (Lipinski definition) is 13. The first-order valence-corrected chi connectivity index (χ1v) is 16.6. The fraction of sp³-hybridized carbons (Fsp3) is 0.484. The molecule has 236 valence electrons. The third-order valence-corrected chi connectivity index (χ3v) is 10.8. The zero-order valence-electron chi connectivity index (χ0n) is 25.8. The van der Waals surface area contributed by atoms with Gasteiger partial charge in [-0.2, -0.15) is 15.3 Å². The fourth-order valence-electron chi connectivity index (χ4n) is 7.67. The SMILES string of the molecule is C[C@H](Oc1cc(-n2cc(Cn3cncn3)nn2)nc(-c2noc3c2CCC[C@@]32CCCc3sc(N)c(C#N)c32)n1)[C@@H]1CCCN1C. The van der Waals surface area contributed by atoms with Crippen LogP contribution in [-0.2, 0) is 24.8 Å². The van der Waals surface area contributed by atoms with Crippen LogP contribution < -0.4 is 10.5 Å². The number of rotatable bonds is 7. The number of likely N-dealkylation sites (N-methyl/N-ethyl adjacent to an activating group) is 1. The smallest absolute Gasteiger partial charge is 0.219 e. The van der Waals surface area contributed by atoms with Gasteiger partial charge in [-0.15, -0.1) is 16.4 Å². The third kappa shape index (κ3) is 4.74. The molecule has 3 aliphatic rings. The maximum atomic E-state index is 10.1. The predicted molar refractivity (Wildman–Crippen MR) is 167 cm³/mol. The lowest BCUT2D eigenvalue weighted by molar-refractivity contribution is 0.117. The molecule has 0 bridgehead atoms. The van der Waals surface area contributed by atoms with E-state index in [1.165, 1.54) is 22.5 Å². The highest BCUT2D eigenvalue weighted by Crippen LogP contribution is 2.55. The minimum Gasteiger partial charge on any atom is -0.473 e. The van der Waals surface area contributed by atoms with Crippen LogP contribution >= 0.6 is 11.3 Å². The molecule has 0 saturated carbocycles. The number of hydrogen-bond donors (Lipinski definition) is 1. The third-order valence-electron chi connectivity index (χ3n) is 9.75.